The summed E-state index contributed by atoms with van der Waals surface area (Å²) in [5, 5.41) is 28.1. The molecule has 28 heavy (non-hydrogen) atoms. The van der Waals surface area contributed by atoms with E-state index in [1.807, 2.05) is 0 Å². The molecule has 0 aliphatic heterocycles. The van der Waals surface area contributed by atoms with Crippen molar-refractivity contribution in [1.82, 2.24) is 0 Å². The van der Waals surface area contributed by atoms with Gasteiger partial charge in [0, 0.05) is 28.1 Å². The van der Waals surface area contributed by atoms with E-state index in [9.17, 15) is 23.4 Å². The lowest BCUT2D eigenvalue weighted by atomic mass is 10.1. The number of amides is 1. The number of carbonyl (C=O) groups excluding carboxylic acids is 1. The van der Waals surface area contributed by atoms with Gasteiger partial charge in [-0.2, -0.15) is 0 Å². The smallest absolute Gasteiger partial charge is 0.248 e. The lowest BCUT2D eigenvalue weighted by molar-refractivity contribution is -0.111. The minimum Gasteiger partial charge on any atom is -0.504 e. The van der Waals surface area contributed by atoms with Gasteiger partial charge in [0.1, 0.15) is 0 Å². The number of anilines is 1. The van der Waals surface area contributed by atoms with Crippen LogP contribution in [0.2, 0.25) is 0 Å². The van der Waals surface area contributed by atoms with Crippen molar-refractivity contribution < 1.29 is 23.4 Å². The van der Waals surface area contributed by atoms with Crippen molar-refractivity contribution >= 4 is 38.5 Å². The molecule has 0 saturated carbocycles. The van der Waals surface area contributed by atoms with E-state index in [-0.39, 0.29) is 16.4 Å². The van der Waals surface area contributed by atoms with Crippen LogP contribution in [-0.4, -0.2) is 24.5 Å². The Morgan fingerprint density at radius 3 is 2.43 bits per heavy atom. The molecular weight excluding hydrogens is 380 g/mol. The number of carbonyl (C=O) groups is 1. The second-order valence-electron chi connectivity index (χ2n) is 6.17. The predicted octanol–water partition coefficient (Wildman–Crippen LogP) is 2.86. The summed E-state index contributed by atoms with van der Waals surface area (Å²) in [4.78, 5) is 12.3. The van der Waals surface area contributed by atoms with Crippen LogP contribution in [0.25, 0.3) is 16.8 Å². The van der Waals surface area contributed by atoms with Crippen LogP contribution in [0.5, 0.6) is 11.5 Å². The highest BCUT2D eigenvalue weighted by Gasteiger charge is 2.14. The van der Waals surface area contributed by atoms with E-state index in [4.69, 9.17) is 5.14 Å². The van der Waals surface area contributed by atoms with Gasteiger partial charge in [0.25, 0.3) is 0 Å². The third-order valence-corrected chi connectivity index (χ3v) is 5.28. The maximum atomic E-state index is 12.3. The Bertz CT molecular complexity index is 1220. The molecule has 0 unspecified atom stereocenters. The highest BCUT2D eigenvalue weighted by atomic mass is 32.2. The molecule has 8 heteroatoms. The minimum atomic E-state index is -3.90. The van der Waals surface area contributed by atoms with E-state index in [1.54, 1.807) is 43.3 Å². The molecule has 3 aromatic rings. The molecule has 5 N–H and O–H groups in total. The van der Waals surface area contributed by atoms with Crippen LogP contribution < -0.4 is 10.5 Å². The normalized spacial score (nSPS) is 11.8. The van der Waals surface area contributed by atoms with Crippen molar-refractivity contribution in [2.24, 2.45) is 5.14 Å². The van der Waals surface area contributed by atoms with Gasteiger partial charge in [0.2, 0.25) is 15.9 Å². The van der Waals surface area contributed by atoms with Gasteiger partial charge in [-0.3, -0.25) is 4.79 Å². The zero-order valence-electron chi connectivity index (χ0n) is 14.9. The van der Waals surface area contributed by atoms with Crippen LogP contribution in [0.3, 0.4) is 0 Å². The van der Waals surface area contributed by atoms with Gasteiger partial charge in [-0.15, -0.1) is 0 Å². The molecule has 0 aliphatic rings. The molecular formula is C20H18N2O5S. The third kappa shape index (κ3) is 3.83. The Morgan fingerprint density at radius 2 is 1.71 bits per heavy atom. The van der Waals surface area contributed by atoms with Gasteiger partial charge in [0.15, 0.2) is 11.5 Å². The van der Waals surface area contributed by atoms with Gasteiger partial charge in [-0.05, 0) is 36.8 Å². The number of rotatable bonds is 4. The highest BCUT2D eigenvalue weighted by molar-refractivity contribution is 7.89. The van der Waals surface area contributed by atoms with Gasteiger partial charge in [-0.25, -0.2) is 13.6 Å². The summed E-state index contributed by atoms with van der Waals surface area (Å²) >= 11 is 0. The van der Waals surface area contributed by atoms with Crippen molar-refractivity contribution in [3.63, 3.8) is 0 Å². The highest BCUT2D eigenvalue weighted by Crippen LogP contribution is 2.31. The fourth-order valence-corrected chi connectivity index (χ4v) is 3.61. The molecule has 0 fully saturated rings. The average Bonchev–Trinajstić information content (AvgIpc) is 2.64. The largest absolute Gasteiger partial charge is 0.504 e. The van der Waals surface area contributed by atoms with Gasteiger partial charge < -0.3 is 15.5 Å². The Kier molecular flexibility index (Phi) is 5.08. The summed E-state index contributed by atoms with van der Waals surface area (Å²) in [7, 11) is -3.90. The Labute approximate surface area is 161 Å². The van der Waals surface area contributed by atoms with Crippen molar-refractivity contribution in [3.05, 3.63) is 65.7 Å². The Balaban J connectivity index is 1.91. The first kappa shape index (κ1) is 19.4. The number of aromatic hydroxyl groups is 2. The number of benzene rings is 3. The number of nitrogens with two attached hydrogens (primary N) is 1. The van der Waals surface area contributed by atoms with Crippen LogP contribution in [-0.2, 0) is 14.8 Å². The number of phenolic OH excluding ortho intramolecular Hbond substituents is 2. The summed E-state index contributed by atoms with van der Waals surface area (Å²) in [6, 6.07) is 12.4. The van der Waals surface area contributed by atoms with E-state index < -0.39 is 15.9 Å². The number of primary sulfonamides is 1. The van der Waals surface area contributed by atoms with E-state index in [0.29, 0.717) is 27.6 Å². The minimum absolute atomic E-state index is 0.0214. The second kappa shape index (κ2) is 7.34. The van der Waals surface area contributed by atoms with Crippen molar-refractivity contribution in [2.75, 3.05) is 5.32 Å². The molecule has 0 radical (unpaired) electrons. The first-order chi connectivity index (χ1) is 13.2. The fourth-order valence-electron chi connectivity index (χ4n) is 2.86. The summed E-state index contributed by atoms with van der Waals surface area (Å²) in [6.45, 7) is 1.62. The third-order valence-electron chi connectivity index (χ3n) is 4.31. The number of fused-ring (bicyclic) bond motifs is 1. The van der Waals surface area contributed by atoms with Crippen molar-refractivity contribution in [3.8, 4) is 11.5 Å². The summed E-state index contributed by atoms with van der Waals surface area (Å²) < 4.78 is 23.5. The summed E-state index contributed by atoms with van der Waals surface area (Å²) in [5.74, 6) is -0.923. The number of phenols is 2. The lowest BCUT2D eigenvalue weighted by Gasteiger charge is -2.10. The molecule has 3 aromatic carbocycles. The Hall–Kier alpha value is -3.36. The first-order valence-corrected chi connectivity index (χ1v) is 9.78. The zero-order valence-corrected chi connectivity index (χ0v) is 15.7. The van der Waals surface area contributed by atoms with Crippen LogP contribution in [0.15, 0.2) is 59.5 Å². The van der Waals surface area contributed by atoms with Gasteiger partial charge in [0.05, 0.1) is 4.90 Å². The fraction of sp³-hybridized carbons (Fsp3) is 0.0500. The van der Waals surface area contributed by atoms with Crippen LogP contribution in [0, 0.1) is 6.92 Å². The zero-order chi connectivity index (χ0) is 20.5. The SMILES string of the molecule is Cc1c(/C=C/C(=O)Nc2cccc3c(S(N)(=O)=O)cccc23)ccc(O)c1O. The summed E-state index contributed by atoms with van der Waals surface area (Å²) in [5.41, 5.74) is 1.44. The van der Waals surface area contributed by atoms with Crippen LogP contribution in [0.4, 0.5) is 5.69 Å². The molecule has 0 spiro atoms. The molecule has 3 rings (SSSR count). The quantitative estimate of drug-likeness (QED) is 0.397. The number of hydrogen-bond acceptors (Lipinski definition) is 5. The summed E-state index contributed by atoms with van der Waals surface area (Å²) in [6.07, 6.45) is 2.78. The molecule has 0 bridgehead atoms. The van der Waals surface area contributed by atoms with Gasteiger partial charge >= 0.3 is 0 Å². The van der Waals surface area contributed by atoms with Crippen LogP contribution >= 0.6 is 0 Å². The molecule has 0 aromatic heterocycles. The number of hydrogen-bond donors (Lipinski definition) is 4. The van der Waals surface area contributed by atoms with Crippen LogP contribution in [0.1, 0.15) is 11.1 Å². The maximum absolute atomic E-state index is 12.3. The topological polar surface area (TPSA) is 130 Å². The van der Waals surface area contributed by atoms with E-state index in [2.05, 4.69) is 5.32 Å². The van der Waals surface area contributed by atoms with E-state index >= 15 is 0 Å². The molecule has 7 nitrogen and oxygen atoms in total. The molecule has 144 valence electrons. The molecule has 0 aliphatic carbocycles. The molecule has 0 heterocycles. The second-order valence-corrected chi connectivity index (χ2v) is 7.70. The lowest BCUT2D eigenvalue weighted by Crippen LogP contribution is -2.13. The number of sulfonamides is 1. The van der Waals surface area contributed by atoms with E-state index in [1.165, 1.54) is 24.3 Å². The molecule has 1 amide bonds. The van der Waals surface area contributed by atoms with Gasteiger partial charge in [-0.1, -0.05) is 30.3 Å². The average molecular weight is 398 g/mol. The maximum Gasteiger partial charge on any atom is 0.248 e. The molecule has 0 saturated heterocycles. The first-order valence-electron chi connectivity index (χ1n) is 8.23. The predicted molar refractivity (Wildman–Crippen MR) is 107 cm³/mol. The van der Waals surface area contributed by atoms with E-state index in [0.717, 1.165) is 0 Å². The molecule has 0 atom stereocenters. The standard InChI is InChI=1S/C20H18N2O5S/c1-12-13(8-10-17(23)20(12)25)9-11-19(24)22-16-6-2-5-15-14(16)4-3-7-18(15)28(21,26)27/h2-11,23,25H,1H3,(H,22,24)(H2,21,26,27)/b11-9+. The van der Waals surface area contributed by atoms with Crippen molar-refractivity contribution in [1.29, 1.82) is 0 Å². The Morgan fingerprint density at radius 1 is 1.04 bits per heavy atom. The monoisotopic (exact) mass is 398 g/mol. The van der Waals surface area contributed by atoms with Crippen molar-refractivity contribution in [2.45, 2.75) is 11.8 Å². The number of nitrogens with one attached hydrogen (secondary N) is 1.